The molecule has 0 radical (unpaired) electrons. The van der Waals surface area contributed by atoms with Gasteiger partial charge < -0.3 is 27.4 Å². The van der Waals surface area contributed by atoms with Gasteiger partial charge in [0.2, 0.25) is 11.8 Å². The summed E-state index contributed by atoms with van der Waals surface area (Å²) in [7, 11) is 0. The van der Waals surface area contributed by atoms with Crippen LogP contribution in [-0.2, 0) is 14.4 Å². The number of carboxylic acid groups (broad SMARTS) is 1. The van der Waals surface area contributed by atoms with Gasteiger partial charge in [0.1, 0.15) is 6.04 Å². The Morgan fingerprint density at radius 1 is 1.33 bits per heavy atom. The number of hydrogen-bond acceptors (Lipinski definition) is 4. The van der Waals surface area contributed by atoms with Crippen molar-refractivity contribution in [3.8, 4) is 0 Å². The van der Waals surface area contributed by atoms with Crippen LogP contribution < -0.4 is 16.8 Å². The van der Waals surface area contributed by atoms with E-state index < -0.39 is 23.8 Å². The summed E-state index contributed by atoms with van der Waals surface area (Å²) in [6.07, 6.45) is -0.127. The first kappa shape index (κ1) is 15.8. The number of carbonyl (C=O) groups is 3. The van der Waals surface area contributed by atoms with Crippen molar-refractivity contribution < 1.29 is 25.0 Å². The second kappa shape index (κ2) is 7.71. The number of aliphatic carboxylic acids is 1. The van der Waals surface area contributed by atoms with Crippen molar-refractivity contribution in [1.82, 2.24) is 5.32 Å². The molecule has 0 saturated heterocycles. The largest absolute Gasteiger partial charge is 0.480 e. The van der Waals surface area contributed by atoms with Crippen molar-refractivity contribution in [2.24, 2.45) is 11.5 Å². The first-order valence-electron chi connectivity index (χ1n) is 3.98. The van der Waals surface area contributed by atoms with Gasteiger partial charge in [-0.3, -0.25) is 9.59 Å². The molecule has 8 N–H and O–H groups in total. The van der Waals surface area contributed by atoms with Crippen LogP contribution in [0.25, 0.3) is 0 Å². The first-order valence-corrected chi connectivity index (χ1v) is 3.98. The third-order valence-corrected chi connectivity index (χ3v) is 1.50. The summed E-state index contributed by atoms with van der Waals surface area (Å²) in [5.74, 6) is -2.41. The number of carboxylic acids is 1. The molecule has 0 aromatic carbocycles. The Morgan fingerprint density at radius 3 is 2.20 bits per heavy atom. The quantitative estimate of drug-likeness (QED) is 0.373. The topological polar surface area (TPSA) is 167 Å². The molecular formula is C7H15N3O5. The summed E-state index contributed by atoms with van der Waals surface area (Å²) in [6, 6.07) is -1.11. The van der Waals surface area contributed by atoms with Gasteiger partial charge in [0, 0.05) is 6.42 Å². The standard InChI is InChI=1S/C7H13N3O4.H2O/c8-3-6(12)10-4(7(13)14)1-2-5(9)11;/h4H,1-3,8H2,(H2,9,11)(H,10,12)(H,13,14);1H2/t4-;/m0./s1. The van der Waals surface area contributed by atoms with Crippen LogP contribution >= 0.6 is 0 Å². The highest BCUT2D eigenvalue weighted by atomic mass is 16.4. The van der Waals surface area contributed by atoms with E-state index in [1.54, 1.807) is 0 Å². The van der Waals surface area contributed by atoms with Gasteiger partial charge in [-0.05, 0) is 6.42 Å². The lowest BCUT2D eigenvalue weighted by Crippen LogP contribution is -2.43. The lowest BCUT2D eigenvalue weighted by molar-refractivity contribution is -0.141. The molecule has 0 aliphatic rings. The number of hydrogen-bond donors (Lipinski definition) is 4. The van der Waals surface area contributed by atoms with Gasteiger partial charge in [-0.25, -0.2) is 4.79 Å². The van der Waals surface area contributed by atoms with Crippen LogP contribution in [0.1, 0.15) is 12.8 Å². The second-order valence-electron chi connectivity index (χ2n) is 2.67. The van der Waals surface area contributed by atoms with Gasteiger partial charge >= 0.3 is 5.97 Å². The third kappa shape index (κ3) is 7.40. The van der Waals surface area contributed by atoms with Crippen LogP contribution in [0, 0.1) is 0 Å². The molecule has 2 amide bonds. The maximum absolute atomic E-state index is 10.8. The summed E-state index contributed by atoms with van der Waals surface area (Å²) in [4.78, 5) is 31.7. The Kier molecular flexibility index (Phi) is 8.11. The minimum Gasteiger partial charge on any atom is -0.480 e. The zero-order valence-electron chi connectivity index (χ0n) is 8.03. The van der Waals surface area contributed by atoms with Gasteiger partial charge in [0.25, 0.3) is 0 Å². The van der Waals surface area contributed by atoms with Crippen molar-refractivity contribution in [3.05, 3.63) is 0 Å². The zero-order valence-corrected chi connectivity index (χ0v) is 8.03. The Morgan fingerprint density at radius 2 is 1.87 bits per heavy atom. The van der Waals surface area contributed by atoms with Gasteiger partial charge in [0.05, 0.1) is 6.54 Å². The Bertz CT molecular complexity index is 243. The number of amides is 2. The molecule has 0 rings (SSSR count). The minimum absolute atomic E-state index is 0. The highest BCUT2D eigenvalue weighted by Gasteiger charge is 2.19. The summed E-state index contributed by atoms with van der Waals surface area (Å²) >= 11 is 0. The molecule has 88 valence electrons. The van der Waals surface area contributed by atoms with Crippen molar-refractivity contribution >= 4 is 17.8 Å². The number of carbonyl (C=O) groups excluding carboxylic acids is 2. The summed E-state index contributed by atoms with van der Waals surface area (Å²) in [5, 5.41) is 10.8. The van der Waals surface area contributed by atoms with Crippen molar-refractivity contribution in [2.75, 3.05) is 6.54 Å². The molecule has 0 spiro atoms. The Hall–Kier alpha value is -1.67. The highest BCUT2D eigenvalue weighted by Crippen LogP contribution is 1.96. The highest BCUT2D eigenvalue weighted by molar-refractivity contribution is 5.85. The predicted octanol–water partition coefficient (Wildman–Crippen LogP) is -3.04. The van der Waals surface area contributed by atoms with Crippen LogP contribution in [0.2, 0.25) is 0 Å². The molecule has 0 unspecified atom stereocenters. The first-order chi connectivity index (χ1) is 6.47. The van der Waals surface area contributed by atoms with E-state index in [0.717, 1.165) is 0 Å². The lowest BCUT2D eigenvalue weighted by atomic mass is 10.1. The fraction of sp³-hybridized carbons (Fsp3) is 0.571. The summed E-state index contributed by atoms with van der Waals surface area (Å²) in [5.41, 5.74) is 9.81. The second-order valence-corrected chi connectivity index (χ2v) is 2.67. The van der Waals surface area contributed by atoms with Crippen LogP contribution in [0.3, 0.4) is 0 Å². The van der Waals surface area contributed by atoms with E-state index >= 15 is 0 Å². The summed E-state index contributed by atoms with van der Waals surface area (Å²) in [6.45, 7) is -0.291. The molecular weight excluding hydrogens is 206 g/mol. The van der Waals surface area contributed by atoms with Crippen LogP contribution in [-0.4, -0.2) is 41.0 Å². The molecule has 0 bridgehead atoms. The molecule has 0 heterocycles. The molecule has 8 heteroatoms. The number of rotatable bonds is 6. The average molecular weight is 221 g/mol. The van der Waals surface area contributed by atoms with E-state index in [4.69, 9.17) is 16.6 Å². The molecule has 0 fully saturated rings. The van der Waals surface area contributed by atoms with Crippen LogP contribution in [0.15, 0.2) is 0 Å². The maximum atomic E-state index is 10.8. The Labute approximate surface area is 85.9 Å². The van der Waals surface area contributed by atoms with Crippen molar-refractivity contribution in [2.45, 2.75) is 18.9 Å². The molecule has 0 aromatic heterocycles. The smallest absolute Gasteiger partial charge is 0.326 e. The van der Waals surface area contributed by atoms with E-state index in [9.17, 15) is 14.4 Å². The van der Waals surface area contributed by atoms with Gasteiger partial charge in [-0.1, -0.05) is 0 Å². The normalized spacial score (nSPS) is 11.0. The van der Waals surface area contributed by atoms with Crippen LogP contribution in [0.5, 0.6) is 0 Å². The molecule has 1 atom stereocenters. The van der Waals surface area contributed by atoms with Crippen LogP contribution in [0.4, 0.5) is 0 Å². The maximum Gasteiger partial charge on any atom is 0.326 e. The minimum atomic E-state index is -1.21. The van der Waals surface area contributed by atoms with E-state index in [0.29, 0.717) is 0 Å². The molecule has 0 aliphatic carbocycles. The van der Waals surface area contributed by atoms with E-state index in [-0.39, 0.29) is 24.9 Å². The van der Waals surface area contributed by atoms with Crippen molar-refractivity contribution in [3.63, 3.8) is 0 Å². The summed E-state index contributed by atoms with van der Waals surface area (Å²) < 4.78 is 0. The van der Waals surface area contributed by atoms with Gasteiger partial charge in [0.15, 0.2) is 0 Å². The van der Waals surface area contributed by atoms with E-state index in [1.807, 2.05) is 0 Å². The number of primary amides is 1. The molecule has 0 aromatic rings. The monoisotopic (exact) mass is 221 g/mol. The predicted molar refractivity (Wildman–Crippen MR) is 50.7 cm³/mol. The van der Waals surface area contributed by atoms with Gasteiger partial charge in [-0.2, -0.15) is 0 Å². The average Bonchev–Trinajstić information content (AvgIpc) is 2.10. The molecule has 8 nitrogen and oxygen atoms in total. The fourth-order valence-corrected chi connectivity index (χ4v) is 0.797. The van der Waals surface area contributed by atoms with Gasteiger partial charge in [-0.15, -0.1) is 0 Å². The fourth-order valence-electron chi connectivity index (χ4n) is 0.797. The molecule has 15 heavy (non-hydrogen) atoms. The zero-order chi connectivity index (χ0) is 11.1. The number of nitrogens with one attached hydrogen (secondary N) is 1. The van der Waals surface area contributed by atoms with E-state index in [2.05, 4.69) is 5.32 Å². The Balaban J connectivity index is 0. The SMILES string of the molecule is NCC(=O)N[C@@H](CCC(N)=O)C(=O)O.O. The van der Waals surface area contributed by atoms with Crippen molar-refractivity contribution in [1.29, 1.82) is 0 Å². The number of nitrogens with two attached hydrogens (primary N) is 2. The third-order valence-electron chi connectivity index (χ3n) is 1.50. The molecule has 0 saturated carbocycles. The van der Waals surface area contributed by atoms with E-state index in [1.165, 1.54) is 0 Å². The molecule has 0 aliphatic heterocycles. The lowest BCUT2D eigenvalue weighted by Gasteiger charge is -2.12.